The van der Waals surface area contributed by atoms with E-state index >= 15 is 0 Å². The highest BCUT2D eigenvalue weighted by molar-refractivity contribution is 7.89. The first kappa shape index (κ1) is 20.1. The molecule has 7 heteroatoms. The molecule has 1 atom stereocenters. The van der Waals surface area contributed by atoms with E-state index in [2.05, 4.69) is 24.3 Å². The molecule has 0 aromatic heterocycles. The maximum Gasteiger partial charge on any atom is 0.254 e. The highest BCUT2D eigenvalue weighted by atomic mass is 32.2. The first-order valence-corrected chi connectivity index (χ1v) is 11.5. The summed E-state index contributed by atoms with van der Waals surface area (Å²) in [7, 11) is -3.63. The number of ether oxygens (including phenoxy) is 1. The predicted octanol–water partition coefficient (Wildman–Crippen LogP) is 2.99. The molecule has 2 heterocycles. The van der Waals surface area contributed by atoms with Gasteiger partial charge in [-0.1, -0.05) is 35.9 Å². The van der Waals surface area contributed by atoms with Gasteiger partial charge in [0.25, 0.3) is 5.91 Å². The molecule has 0 bridgehead atoms. The summed E-state index contributed by atoms with van der Waals surface area (Å²) in [5.41, 5.74) is 2.72. The molecule has 29 heavy (non-hydrogen) atoms. The number of likely N-dealkylation sites (tertiary alicyclic amines) is 1. The summed E-state index contributed by atoms with van der Waals surface area (Å²) >= 11 is 0. The van der Waals surface area contributed by atoms with E-state index in [4.69, 9.17) is 4.74 Å². The summed E-state index contributed by atoms with van der Waals surface area (Å²) in [6.07, 6.45) is 1.86. The maximum atomic E-state index is 13.3. The van der Waals surface area contributed by atoms with Gasteiger partial charge in [-0.3, -0.25) is 4.79 Å². The van der Waals surface area contributed by atoms with Crippen molar-refractivity contribution in [3.05, 3.63) is 65.2 Å². The molecule has 154 valence electrons. The topological polar surface area (TPSA) is 66.9 Å². The van der Waals surface area contributed by atoms with Gasteiger partial charge in [-0.15, -0.1) is 0 Å². The maximum absolute atomic E-state index is 13.3. The van der Waals surface area contributed by atoms with Crippen molar-refractivity contribution in [3.63, 3.8) is 0 Å². The quantitative estimate of drug-likeness (QED) is 0.771. The normalized spacial score (nSPS) is 20.7. The van der Waals surface area contributed by atoms with E-state index in [9.17, 15) is 13.2 Å². The third-order valence-electron chi connectivity index (χ3n) is 5.66. The summed E-state index contributed by atoms with van der Waals surface area (Å²) in [6, 6.07) is 14.7. The molecule has 6 nitrogen and oxygen atoms in total. The number of carbonyl (C=O) groups excluding carboxylic acids is 1. The second-order valence-corrected chi connectivity index (χ2v) is 9.55. The average Bonchev–Trinajstić information content (AvgIpc) is 3.24. The van der Waals surface area contributed by atoms with E-state index in [-0.39, 0.29) is 16.8 Å². The standard InChI is InChI=1S/C22H26N2O4S/c1-17-7-9-18(10-8-17)21-6-3-11-24(21)22(25)19-4-2-5-20(16-19)29(26,27)23-12-14-28-15-13-23/h2,4-5,7-10,16,21H,3,6,11-15H2,1H3/t21-/m0/s1. The molecule has 2 aliphatic rings. The van der Waals surface area contributed by atoms with Crippen LogP contribution in [0.15, 0.2) is 53.4 Å². The number of benzene rings is 2. The van der Waals surface area contributed by atoms with Crippen LogP contribution in [0.4, 0.5) is 0 Å². The zero-order valence-electron chi connectivity index (χ0n) is 16.6. The van der Waals surface area contributed by atoms with Crippen LogP contribution in [0, 0.1) is 6.92 Å². The summed E-state index contributed by atoms with van der Waals surface area (Å²) in [6.45, 7) is 4.18. The first-order chi connectivity index (χ1) is 14.0. The average molecular weight is 415 g/mol. The highest BCUT2D eigenvalue weighted by Gasteiger charge is 2.32. The van der Waals surface area contributed by atoms with Crippen molar-refractivity contribution in [2.45, 2.75) is 30.7 Å². The molecular weight excluding hydrogens is 388 g/mol. The fourth-order valence-corrected chi connectivity index (χ4v) is 5.49. The molecule has 2 aromatic carbocycles. The Kier molecular flexibility index (Phi) is 5.72. The van der Waals surface area contributed by atoms with Crippen LogP contribution >= 0.6 is 0 Å². The van der Waals surface area contributed by atoms with Crippen molar-refractivity contribution in [1.82, 2.24) is 9.21 Å². The van der Waals surface area contributed by atoms with E-state index in [1.165, 1.54) is 15.9 Å². The largest absolute Gasteiger partial charge is 0.379 e. The Morgan fingerprint density at radius 2 is 1.76 bits per heavy atom. The van der Waals surface area contributed by atoms with Gasteiger partial charge in [-0.2, -0.15) is 4.31 Å². The number of sulfonamides is 1. The number of aryl methyl sites for hydroxylation is 1. The van der Waals surface area contributed by atoms with Crippen LogP contribution in [0.5, 0.6) is 0 Å². The Balaban J connectivity index is 1.59. The van der Waals surface area contributed by atoms with Crippen LogP contribution < -0.4 is 0 Å². The zero-order chi connectivity index (χ0) is 20.4. The van der Waals surface area contributed by atoms with Gasteiger partial charge < -0.3 is 9.64 Å². The Morgan fingerprint density at radius 1 is 1.03 bits per heavy atom. The third-order valence-corrected chi connectivity index (χ3v) is 7.56. The molecule has 2 aliphatic heterocycles. The van der Waals surface area contributed by atoms with Crippen LogP contribution in [0.2, 0.25) is 0 Å². The lowest BCUT2D eigenvalue weighted by Gasteiger charge is -2.27. The van der Waals surface area contributed by atoms with Crippen molar-refractivity contribution >= 4 is 15.9 Å². The van der Waals surface area contributed by atoms with E-state index in [0.717, 1.165) is 18.4 Å². The SMILES string of the molecule is Cc1ccc([C@@H]2CCCN2C(=O)c2cccc(S(=O)(=O)N3CCOCC3)c2)cc1. The van der Waals surface area contributed by atoms with Gasteiger partial charge in [0.2, 0.25) is 10.0 Å². The summed E-state index contributed by atoms with van der Waals surface area (Å²) in [4.78, 5) is 15.3. The molecule has 2 saturated heterocycles. The Bertz CT molecular complexity index is 982. The summed E-state index contributed by atoms with van der Waals surface area (Å²) in [5, 5.41) is 0. The first-order valence-electron chi connectivity index (χ1n) is 10.0. The van der Waals surface area contributed by atoms with Gasteiger partial charge in [-0.25, -0.2) is 8.42 Å². The Morgan fingerprint density at radius 3 is 2.48 bits per heavy atom. The summed E-state index contributed by atoms with van der Waals surface area (Å²) in [5.74, 6) is -0.118. The monoisotopic (exact) mass is 414 g/mol. The molecule has 2 fully saturated rings. The molecule has 4 rings (SSSR count). The number of amides is 1. The van der Waals surface area contributed by atoms with Crippen LogP contribution in [0.3, 0.4) is 0 Å². The van der Waals surface area contributed by atoms with Crippen molar-refractivity contribution in [2.24, 2.45) is 0 Å². The van der Waals surface area contributed by atoms with E-state index < -0.39 is 10.0 Å². The Hall–Kier alpha value is -2.22. The lowest BCUT2D eigenvalue weighted by molar-refractivity contribution is 0.0727. The van der Waals surface area contributed by atoms with Gasteiger partial charge in [0.1, 0.15) is 0 Å². The van der Waals surface area contributed by atoms with Gasteiger partial charge in [0, 0.05) is 25.2 Å². The van der Waals surface area contributed by atoms with Gasteiger partial charge in [0.05, 0.1) is 24.2 Å². The van der Waals surface area contributed by atoms with Crippen LogP contribution in [-0.2, 0) is 14.8 Å². The second-order valence-electron chi connectivity index (χ2n) is 7.61. The minimum Gasteiger partial charge on any atom is -0.379 e. The summed E-state index contributed by atoms with van der Waals surface area (Å²) < 4.78 is 32.6. The van der Waals surface area contributed by atoms with Crippen molar-refractivity contribution < 1.29 is 17.9 Å². The van der Waals surface area contributed by atoms with E-state index in [1.54, 1.807) is 18.2 Å². The number of nitrogens with zero attached hydrogens (tertiary/aromatic N) is 2. The lowest BCUT2D eigenvalue weighted by Crippen LogP contribution is -2.40. The van der Waals surface area contributed by atoms with Crippen LogP contribution in [0.25, 0.3) is 0 Å². The fraction of sp³-hybridized carbons (Fsp3) is 0.409. The van der Waals surface area contributed by atoms with Gasteiger partial charge in [0.15, 0.2) is 0 Å². The van der Waals surface area contributed by atoms with Crippen molar-refractivity contribution in [3.8, 4) is 0 Å². The molecule has 0 unspecified atom stereocenters. The lowest BCUT2D eigenvalue weighted by atomic mass is 10.0. The van der Waals surface area contributed by atoms with E-state index in [0.29, 0.717) is 38.4 Å². The minimum atomic E-state index is -3.63. The fourth-order valence-electron chi connectivity index (χ4n) is 4.04. The molecule has 2 aromatic rings. The third kappa shape index (κ3) is 4.08. The molecular formula is C22H26N2O4S. The molecule has 1 amide bonds. The molecule has 0 N–H and O–H groups in total. The molecule has 0 spiro atoms. The zero-order valence-corrected chi connectivity index (χ0v) is 17.4. The number of rotatable bonds is 4. The van der Waals surface area contributed by atoms with Crippen molar-refractivity contribution in [1.29, 1.82) is 0 Å². The van der Waals surface area contributed by atoms with Gasteiger partial charge in [-0.05, 0) is 43.5 Å². The van der Waals surface area contributed by atoms with Gasteiger partial charge >= 0.3 is 0 Å². The number of hydrogen-bond acceptors (Lipinski definition) is 4. The number of morpholine rings is 1. The molecule has 0 saturated carbocycles. The second kappa shape index (κ2) is 8.26. The van der Waals surface area contributed by atoms with Crippen LogP contribution in [0.1, 0.15) is 40.4 Å². The van der Waals surface area contributed by atoms with Crippen LogP contribution in [-0.4, -0.2) is 56.4 Å². The highest BCUT2D eigenvalue weighted by Crippen LogP contribution is 2.33. The molecule has 0 radical (unpaired) electrons. The smallest absolute Gasteiger partial charge is 0.254 e. The predicted molar refractivity (Wildman–Crippen MR) is 110 cm³/mol. The van der Waals surface area contributed by atoms with Crippen molar-refractivity contribution in [2.75, 3.05) is 32.8 Å². The number of hydrogen-bond donors (Lipinski definition) is 0. The molecule has 0 aliphatic carbocycles. The Labute approximate surface area is 172 Å². The number of carbonyl (C=O) groups is 1. The van der Waals surface area contributed by atoms with E-state index in [1.807, 2.05) is 11.8 Å². The minimum absolute atomic E-state index is 0.0302.